The Kier molecular flexibility index (Phi) is 4.06. The molecule has 0 aromatic heterocycles. The maximum absolute atomic E-state index is 3.06. The Morgan fingerprint density at radius 2 is 1.80 bits per heavy atom. The van der Waals surface area contributed by atoms with Crippen molar-refractivity contribution in [1.29, 1.82) is 0 Å². The summed E-state index contributed by atoms with van der Waals surface area (Å²) in [5, 5.41) is 0. The fourth-order valence-electron chi connectivity index (χ4n) is 0. The summed E-state index contributed by atoms with van der Waals surface area (Å²) in [6.07, 6.45) is 0. The van der Waals surface area contributed by atoms with E-state index in [0.29, 0.717) is 0 Å². The van der Waals surface area contributed by atoms with E-state index in [0.717, 1.165) is 0 Å². The van der Waals surface area contributed by atoms with Crippen LogP contribution in [0, 0.1) is 0 Å². The molecule has 0 aromatic rings. The van der Waals surface area contributed by atoms with E-state index in [-0.39, 0.29) is 8.07 Å². The van der Waals surface area contributed by atoms with Crippen LogP contribution in [-0.4, -0.2) is 13.3 Å². The highest BCUT2D eigenvalue weighted by molar-refractivity contribution is 14.1. The van der Waals surface area contributed by atoms with Crippen LogP contribution in [-0.2, 0) is 0 Å². The molecule has 0 amide bonds. The molecule has 5 heavy (non-hydrogen) atoms. The van der Waals surface area contributed by atoms with Gasteiger partial charge >= 0.3 is 0 Å². The van der Waals surface area contributed by atoms with Crippen molar-refractivity contribution in [3.05, 3.63) is 0 Å². The third-order valence-electron chi connectivity index (χ3n) is 0.169. The van der Waals surface area contributed by atoms with Crippen LogP contribution in [0.2, 0.25) is 0 Å². The summed E-state index contributed by atoms with van der Waals surface area (Å²) >= 11 is 2.16. The van der Waals surface area contributed by atoms with Crippen molar-refractivity contribution in [2.45, 2.75) is 0 Å². The van der Waals surface area contributed by atoms with Crippen molar-refractivity contribution < 1.29 is 0 Å². The third-order valence-corrected chi connectivity index (χ3v) is 3.40. The average molecular weight is 203 g/mol. The van der Waals surface area contributed by atoms with Gasteiger partial charge < -0.3 is 0 Å². The normalized spacial score (nSPS) is 9.60. The minimum absolute atomic E-state index is 0.138. The molecule has 0 radical (unpaired) electrons. The van der Waals surface area contributed by atoms with Crippen LogP contribution in [0.4, 0.5) is 0 Å². The van der Waals surface area contributed by atoms with Gasteiger partial charge in [0.05, 0.1) is 0 Å². The zero-order valence-electron chi connectivity index (χ0n) is 3.33. The van der Waals surface area contributed by atoms with E-state index < -0.39 is 0 Å². The van der Waals surface area contributed by atoms with Gasteiger partial charge in [-0.15, -0.1) is 0 Å². The predicted octanol–water partition coefficient (Wildman–Crippen LogP) is 1.58. The molecule has 0 aliphatic heterocycles. The lowest BCUT2D eigenvalue weighted by atomic mass is 11.9. The van der Waals surface area contributed by atoms with Crippen LogP contribution in [0.15, 0.2) is 0 Å². The van der Waals surface area contributed by atoms with Gasteiger partial charge in [0, 0.05) is 22.9 Å². The summed E-state index contributed by atoms with van der Waals surface area (Å²) in [6.45, 7) is 4.34. The van der Waals surface area contributed by atoms with E-state index >= 15 is 0 Å². The molecular weight excluding hydrogens is 196 g/mol. The summed E-state index contributed by atoms with van der Waals surface area (Å²) in [7, 11) is 0.138. The van der Waals surface area contributed by atoms with E-state index in [9.17, 15) is 0 Å². The quantitative estimate of drug-likeness (QED) is 0.387. The lowest BCUT2D eigenvalue weighted by molar-refractivity contribution is 1.77. The minimum atomic E-state index is 0.138. The van der Waals surface area contributed by atoms with E-state index in [1.54, 1.807) is 0 Å². The second kappa shape index (κ2) is 3.32. The lowest BCUT2D eigenvalue weighted by Crippen LogP contribution is -1.80. The molecule has 0 aliphatic carbocycles. The smallest absolute Gasteiger partial charge is 0.0212 e. The summed E-state index contributed by atoms with van der Waals surface area (Å²) in [6, 6.07) is 0. The molecule has 0 aromatic carbocycles. The largest absolute Gasteiger partial charge is 0.239 e. The molecule has 3 heteroatoms. The lowest BCUT2D eigenvalue weighted by Gasteiger charge is -1.93. The molecule has 0 atom stereocenters. The Balaban J connectivity index is 2.54. The summed E-state index contributed by atoms with van der Waals surface area (Å²) in [5.41, 5.74) is 0. The van der Waals surface area contributed by atoms with Crippen LogP contribution < -0.4 is 3.30 Å². The van der Waals surface area contributed by atoms with Crippen molar-refractivity contribution in [3.63, 3.8) is 0 Å². The Hall–Kier alpha value is 1.12. The number of hydrogen-bond donors (Lipinski definition) is 1. The van der Waals surface area contributed by atoms with Crippen molar-refractivity contribution >= 4 is 30.9 Å². The minimum Gasteiger partial charge on any atom is -0.239 e. The van der Waals surface area contributed by atoms with Gasteiger partial charge in [0.15, 0.2) is 0 Å². The standard InChI is InChI=1S/C2H7INP/c1-5(2)4-3/h4H,1-2H3. The first-order valence-electron chi connectivity index (χ1n) is 1.31. The van der Waals surface area contributed by atoms with Crippen molar-refractivity contribution in [1.82, 2.24) is 3.30 Å². The Labute approximate surface area is 47.8 Å². The second-order valence-corrected chi connectivity index (χ2v) is 4.38. The molecule has 0 rings (SSSR count). The number of hydrogen-bond acceptors (Lipinski definition) is 1. The molecule has 32 valence electrons. The Morgan fingerprint density at radius 1 is 1.60 bits per heavy atom. The molecule has 1 nitrogen and oxygen atoms in total. The number of halogens is 1. The zero-order valence-corrected chi connectivity index (χ0v) is 6.38. The average Bonchev–Trinajstić information content (AvgIpc) is 1.38. The first-order chi connectivity index (χ1) is 2.27. The van der Waals surface area contributed by atoms with Crippen LogP contribution in [0.5, 0.6) is 0 Å². The number of rotatable bonds is 1. The van der Waals surface area contributed by atoms with Gasteiger partial charge in [-0.25, -0.2) is 3.30 Å². The van der Waals surface area contributed by atoms with Gasteiger partial charge in [0.2, 0.25) is 0 Å². The molecule has 1 N–H and O–H groups in total. The SMILES string of the molecule is CP(C)NI. The fraction of sp³-hybridized carbons (Fsp3) is 1.00. The van der Waals surface area contributed by atoms with E-state index in [1.807, 2.05) is 0 Å². The van der Waals surface area contributed by atoms with Gasteiger partial charge in [-0.05, 0) is 21.4 Å². The zero-order chi connectivity index (χ0) is 4.28. The molecule has 0 fully saturated rings. The van der Waals surface area contributed by atoms with Gasteiger partial charge in [0.1, 0.15) is 0 Å². The summed E-state index contributed by atoms with van der Waals surface area (Å²) in [4.78, 5) is 0. The van der Waals surface area contributed by atoms with E-state index in [4.69, 9.17) is 0 Å². The molecular formula is C2H7INP. The predicted molar refractivity (Wildman–Crippen MR) is 35.9 cm³/mol. The maximum Gasteiger partial charge on any atom is 0.0212 e. The van der Waals surface area contributed by atoms with Gasteiger partial charge in [-0.3, -0.25) is 0 Å². The second-order valence-electron chi connectivity index (χ2n) is 0.979. The summed E-state index contributed by atoms with van der Waals surface area (Å²) < 4.78 is 3.06. The molecule has 0 spiro atoms. The monoisotopic (exact) mass is 203 g/mol. The van der Waals surface area contributed by atoms with Crippen molar-refractivity contribution in [2.24, 2.45) is 0 Å². The fourth-order valence-corrected chi connectivity index (χ4v) is 0. The highest BCUT2D eigenvalue weighted by Gasteiger charge is 1.77. The first-order valence-corrected chi connectivity index (χ1v) is 4.62. The van der Waals surface area contributed by atoms with Gasteiger partial charge in [-0.1, -0.05) is 0 Å². The van der Waals surface area contributed by atoms with Crippen molar-refractivity contribution in [2.75, 3.05) is 13.3 Å². The highest BCUT2D eigenvalue weighted by Crippen LogP contribution is 2.18. The topological polar surface area (TPSA) is 12.0 Å². The molecule has 0 saturated heterocycles. The highest BCUT2D eigenvalue weighted by atomic mass is 127. The van der Waals surface area contributed by atoms with Crippen LogP contribution in [0.25, 0.3) is 0 Å². The van der Waals surface area contributed by atoms with Crippen LogP contribution in [0.1, 0.15) is 0 Å². The van der Waals surface area contributed by atoms with Gasteiger partial charge in [-0.2, -0.15) is 0 Å². The summed E-state index contributed by atoms with van der Waals surface area (Å²) in [5.74, 6) is 0. The Bertz CT molecular complexity index is 23.6. The maximum atomic E-state index is 3.06. The Morgan fingerprint density at radius 3 is 1.80 bits per heavy atom. The number of nitrogens with one attached hydrogen (secondary N) is 1. The van der Waals surface area contributed by atoms with Crippen LogP contribution in [0.3, 0.4) is 0 Å². The van der Waals surface area contributed by atoms with Crippen molar-refractivity contribution in [3.8, 4) is 0 Å². The van der Waals surface area contributed by atoms with Crippen LogP contribution >= 0.6 is 30.9 Å². The molecule has 0 bridgehead atoms. The van der Waals surface area contributed by atoms with E-state index in [2.05, 4.69) is 39.5 Å². The van der Waals surface area contributed by atoms with E-state index in [1.165, 1.54) is 0 Å². The molecule has 0 unspecified atom stereocenters. The molecule has 0 saturated carbocycles. The first kappa shape index (κ1) is 6.12. The molecule has 0 aliphatic rings. The third kappa shape index (κ3) is 5.12. The van der Waals surface area contributed by atoms with Gasteiger partial charge in [0.25, 0.3) is 0 Å². The molecule has 0 heterocycles.